The normalized spacial score (nSPS) is 15.8. The van der Waals surface area contributed by atoms with Gasteiger partial charge in [0.1, 0.15) is 4.21 Å². The van der Waals surface area contributed by atoms with Gasteiger partial charge in [-0.25, -0.2) is 13.1 Å². The lowest BCUT2D eigenvalue weighted by Crippen LogP contribution is -2.35. The number of sulfonamides is 1. The maximum Gasteiger partial charge on any atom is 0.250 e. The molecule has 0 aliphatic heterocycles. The molecular formula is C14H25N3O2S2. The highest BCUT2D eigenvalue weighted by Crippen LogP contribution is 2.27. The van der Waals surface area contributed by atoms with E-state index in [0.29, 0.717) is 23.3 Å². The van der Waals surface area contributed by atoms with Crippen LogP contribution in [0.3, 0.4) is 0 Å². The highest BCUT2D eigenvalue weighted by atomic mass is 32.2. The number of rotatable bonds is 9. The Hall–Kier alpha value is -0.470. The molecule has 0 saturated heterocycles. The third-order valence-corrected chi connectivity index (χ3v) is 6.93. The van der Waals surface area contributed by atoms with Gasteiger partial charge in [0.05, 0.1) is 0 Å². The van der Waals surface area contributed by atoms with Crippen molar-refractivity contribution in [3.63, 3.8) is 0 Å². The van der Waals surface area contributed by atoms with Crippen LogP contribution in [-0.2, 0) is 16.6 Å². The average Bonchev–Trinajstić information content (AvgIpc) is 3.20. The van der Waals surface area contributed by atoms with E-state index in [2.05, 4.69) is 21.9 Å². The molecule has 0 spiro atoms. The summed E-state index contributed by atoms with van der Waals surface area (Å²) in [6, 6.07) is 2.43. The minimum Gasteiger partial charge on any atom is -0.315 e. The van der Waals surface area contributed by atoms with Crippen molar-refractivity contribution in [2.24, 2.45) is 0 Å². The van der Waals surface area contributed by atoms with Crippen molar-refractivity contribution in [3.8, 4) is 0 Å². The molecule has 1 heterocycles. The van der Waals surface area contributed by atoms with Crippen LogP contribution >= 0.6 is 11.3 Å². The third kappa shape index (κ3) is 4.50. The van der Waals surface area contributed by atoms with E-state index >= 15 is 0 Å². The molecular weight excluding hydrogens is 306 g/mol. The summed E-state index contributed by atoms with van der Waals surface area (Å²) in [6.45, 7) is 7.03. The van der Waals surface area contributed by atoms with Crippen LogP contribution in [0.1, 0.15) is 30.2 Å². The van der Waals surface area contributed by atoms with E-state index in [9.17, 15) is 8.42 Å². The van der Waals surface area contributed by atoms with Crippen LogP contribution < -0.4 is 10.0 Å². The van der Waals surface area contributed by atoms with Gasteiger partial charge in [0.15, 0.2) is 0 Å². The summed E-state index contributed by atoms with van der Waals surface area (Å²) in [4.78, 5) is 3.42. The van der Waals surface area contributed by atoms with Gasteiger partial charge < -0.3 is 5.32 Å². The number of nitrogens with one attached hydrogen (secondary N) is 2. The van der Waals surface area contributed by atoms with Crippen LogP contribution in [0.25, 0.3) is 0 Å². The maximum absolute atomic E-state index is 12.3. The molecule has 0 unspecified atom stereocenters. The zero-order valence-electron chi connectivity index (χ0n) is 13.0. The predicted octanol–water partition coefficient (Wildman–Crippen LogP) is 1.54. The fourth-order valence-corrected chi connectivity index (χ4v) is 5.06. The fraction of sp³-hybridized carbons (Fsp3) is 0.714. The number of aryl methyl sites for hydroxylation is 1. The van der Waals surface area contributed by atoms with E-state index in [0.717, 1.165) is 23.5 Å². The molecule has 1 aromatic heterocycles. The molecule has 5 nitrogen and oxygen atoms in total. The quantitative estimate of drug-likeness (QED) is 0.720. The van der Waals surface area contributed by atoms with Gasteiger partial charge in [-0.3, -0.25) is 4.90 Å². The van der Waals surface area contributed by atoms with Gasteiger partial charge in [-0.15, -0.1) is 11.3 Å². The summed E-state index contributed by atoms with van der Waals surface area (Å²) in [6.07, 6.45) is 2.50. The first kappa shape index (κ1) is 16.9. The lowest BCUT2D eigenvalue weighted by atomic mass is 10.3. The van der Waals surface area contributed by atoms with Crippen molar-refractivity contribution < 1.29 is 8.42 Å². The molecule has 1 fully saturated rings. The molecule has 1 aliphatic rings. The molecule has 21 heavy (non-hydrogen) atoms. The highest BCUT2D eigenvalue weighted by Gasteiger charge is 2.27. The summed E-state index contributed by atoms with van der Waals surface area (Å²) >= 11 is 1.35. The smallest absolute Gasteiger partial charge is 0.250 e. The monoisotopic (exact) mass is 331 g/mol. The van der Waals surface area contributed by atoms with Crippen LogP contribution in [-0.4, -0.2) is 46.0 Å². The average molecular weight is 332 g/mol. The molecule has 1 aromatic rings. The van der Waals surface area contributed by atoms with Crippen molar-refractivity contribution in [1.82, 2.24) is 14.9 Å². The van der Waals surface area contributed by atoms with E-state index in [-0.39, 0.29) is 0 Å². The second kappa shape index (κ2) is 7.19. The van der Waals surface area contributed by atoms with Crippen molar-refractivity contribution >= 4 is 21.4 Å². The highest BCUT2D eigenvalue weighted by molar-refractivity contribution is 7.91. The molecule has 0 amide bonds. The zero-order valence-corrected chi connectivity index (χ0v) is 14.6. The lowest BCUT2D eigenvalue weighted by Gasteiger charge is -2.19. The molecule has 7 heteroatoms. The van der Waals surface area contributed by atoms with E-state index < -0.39 is 10.0 Å². The lowest BCUT2D eigenvalue weighted by molar-refractivity contribution is 0.282. The fourth-order valence-electron chi connectivity index (χ4n) is 2.39. The summed E-state index contributed by atoms with van der Waals surface area (Å²) in [5, 5.41) is 3.06. The number of hydrogen-bond donors (Lipinski definition) is 2. The Bertz CT molecular complexity index is 565. The van der Waals surface area contributed by atoms with Gasteiger partial charge >= 0.3 is 0 Å². The Balaban J connectivity index is 1.93. The first-order valence-electron chi connectivity index (χ1n) is 7.45. The van der Waals surface area contributed by atoms with Crippen molar-refractivity contribution in [2.75, 3.05) is 26.7 Å². The Kier molecular flexibility index (Phi) is 5.79. The molecule has 1 aliphatic carbocycles. The minimum atomic E-state index is -3.38. The Labute approximate surface area is 131 Å². The Morgan fingerprint density at radius 1 is 1.43 bits per heavy atom. The Morgan fingerprint density at radius 3 is 2.71 bits per heavy atom. The molecule has 0 aromatic carbocycles. The molecule has 120 valence electrons. The van der Waals surface area contributed by atoms with Crippen LogP contribution in [0.2, 0.25) is 0 Å². The summed E-state index contributed by atoms with van der Waals surface area (Å²) < 4.78 is 27.8. The van der Waals surface area contributed by atoms with E-state index in [1.807, 2.05) is 14.0 Å². The Morgan fingerprint density at radius 2 is 2.14 bits per heavy atom. The first-order chi connectivity index (χ1) is 9.97. The minimum absolute atomic E-state index is 0.416. The number of likely N-dealkylation sites (N-methyl/N-ethyl adjacent to an activating group) is 1. The van der Waals surface area contributed by atoms with Crippen molar-refractivity contribution in [1.29, 1.82) is 0 Å². The van der Waals surface area contributed by atoms with Crippen LogP contribution in [0.15, 0.2) is 10.3 Å². The summed E-state index contributed by atoms with van der Waals surface area (Å²) in [5.74, 6) is 0. The molecule has 0 bridgehead atoms. The molecule has 2 rings (SSSR count). The zero-order chi connectivity index (χ0) is 15.5. The van der Waals surface area contributed by atoms with Crippen LogP contribution in [0, 0.1) is 6.92 Å². The SMILES string of the molecule is CCN(CCNS(=O)(=O)c1cc(C)c(CNC)s1)C1CC1. The van der Waals surface area contributed by atoms with E-state index in [4.69, 9.17) is 0 Å². The second-order valence-electron chi connectivity index (χ2n) is 5.46. The number of nitrogens with zero attached hydrogens (tertiary/aromatic N) is 1. The first-order valence-corrected chi connectivity index (χ1v) is 9.75. The van der Waals surface area contributed by atoms with Crippen LogP contribution in [0.4, 0.5) is 0 Å². The van der Waals surface area contributed by atoms with Gasteiger partial charge in [-0.1, -0.05) is 6.92 Å². The maximum atomic E-state index is 12.3. The van der Waals surface area contributed by atoms with Crippen molar-refractivity contribution in [2.45, 2.75) is 43.5 Å². The van der Waals surface area contributed by atoms with Gasteiger partial charge in [-0.2, -0.15) is 0 Å². The molecule has 1 saturated carbocycles. The second-order valence-corrected chi connectivity index (χ2v) is 8.59. The van der Waals surface area contributed by atoms with E-state index in [1.165, 1.54) is 24.2 Å². The molecule has 0 radical (unpaired) electrons. The third-order valence-electron chi connectivity index (χ3n) is 3.76. The van der Waals surface area contributed by atoms with Crippen LogP contribution in [0.5, 0.6) is 0 Å². The van der Waals surface area contributed by atoms with Gasteiger partial charge in [0.2, 0.25) is 10.0 Å². The number of thiophene rings is 1. The molecule has 0 atom stereocenters. The topological polar surface area (TPSA) is 61.4 Å². The molecule has 2 N–H and O–H groups in total. The van der Waals surface area contributed by atoms with Gasteiger partial charge in [-0.05, 0) is 45.0 Å². The van der Waals surface area contributed by atoms with Gasteiger partial charge in [0.25, 0.3) is 0 Å². The standard InChI is InChI=1S/C14H25N3O2S2/c1-4-17(12-5-6-12)8-7-16-21(18,19)14-9-11(2)13(20-14)10-15-3/h9,12,15-16H,4-8,10H2,1-3H3. The predicted molar refractivity (Wildman–Crippen MR) is 87.3 cm³/mol. The van der Waals surface area contributed by atoms with E-state index in [1.54, 1.807) is 6.07 Å². The van der Waals surface area contributed by atoms with Crippen molar-refractivity contribution in [3.05, 3.63) is 16.5 Å². The summed E-state index contributed by atoms with van der Waals surface area (Å²) in [5.41, 5.74) is 1.03. The summed E-state index contributed by atoms with van der Waals surface area (Å²) in [7, 11) is -1.51. The largest absolute Gasteiger partial charge is 0.315 e. The number of hydrogen-bond acceptors (Lipinski definition) is 5. The van der Waals surface area contributed by atoms with Gasteiger partial charge in [0, 0.05) is 30.6 Å².